The molecule has 0 aromatic carbocycles. The van der Waals surface area contributed by atoms with Crippen LogP contribution in [0.25, 0.3) is 0 Å². The summed E-state index contributed by atoms with van der Waals surface area (Å²) in [5.74, 6) is -7.91. The highest BCUT2D eigenvalue weighted by Crippen LogP contribution is 2.27. The van der Waals surface area contributed by atoms with Crippen molar-refractivity contribution < 1.29 is 28.2 Å². The van der Waals surface area contributed by atoms with Gasteiger partial charge in [0.2, 0.25) is 0 Å². The molecule has 1 unspecified atom stereocenters. The highest BCUT2D eigenvalue weighted by molar-refractivity contribution is 7.80. The van der Waals surface area contributed by atoms with Crippen molar-refractivity contribution in [2.24, 2.45) is 5.92 Å². The molecule has 0 aromatic heterocycles. The van der Waals surface area contributed by atoms with Crippen LogP contribution in [0.4, 0.5) is 8.78 Å². The maximum absolute atomic E-state index is 13.2. The fourth-order valence-electron chi connectivity index (χ4n) is 1.04. The van der Waals surface area contributed by atoms with Gasteiger partial charge in [0.25, 0.3) is 0 Å². The summed E-state index contributed by atoms with van der Waals surface area (Å²) in [6, 6.07) is 0. The molecule has 16 heavy (non-hydrogen) atoms. The first-order valence-corrected chi connectivity index (χ1v) is 5.28. The molecule has 0 fully saturated rings. The van der Waals surface area contributed by atoms with Gasteiger partial charge in [-0.25, -0.2) is 4.79 Å². The van der Waals surface area contributed by atoms with Crippen molar-refractivity contribution >= 4 is 24.6 Å². The van der Waals surface area contributed by atoms with Gasteiger partial charge in [0.1, 0.15) is 0 Å². The Balaban J connectivity index is 4.75. The number of thiol groups is 1. The Bertz CT molecular complexity index is 268. The Morgan fingerprint density at radius 2 is 1.94 bits per heavy atom. The quantitative estimate of drug-likeness (QED) is 0.559. The van der Waals surface area contributed by atoms with Gasteiger partial charge in [-0.3, -0.25) is 4.79 Å². The number of aliphatic carboxylic acids is 1. The summed E-state index contributed by atoms with van der Waals surface area (Å²) in [5, 5.41) is 8.35. The van der Waals surface area contributed by atoms with Crippen molar-refractivity contribution in [2.45, 2.75) is 32.3 Å². The van der Waals surface area contributed by atoms with E-state index in [4.69, 9.17) is 5.11 Å². The summed E-state index contributed by atoms with van der Waals surface area (Å²) < 4.78 is 30.8. The van der Waals surface area contributed by atoms with Crippen molar-refractivity contribution in [1.29, 1.82) is 0 Å². The largest absolute Gasteiger partial charge is 0.477 e. The van der Waals surface area contributed by atoms with Gasteiger partial charge in [0.15, 0.2) is 6.10 Å². The van der Waals surface area contributed by atoms with Crippen LogP contribution in [0.1, 0.15) is 20.3 Å². The zero-order valence-electron chi connectivity index (χ0n) is 8.94. The molecule has 0 saturated heterocycles. The van der Waals surface area contributed by atoms with Gasteiger partial charge < -0.3 is 9.84 Å². The van der Waals surface area contributed by atoms with Crippen molar-refractivity contribution in [2.75, 3.05) is 5.75 Å². The number of hydrogen-bond donors (Lipinski definition) is 2. The summed E-state index contributed by atoms with van der Waals surface area (Å²) >= 11 is 3.74. The number of carbonyl (C=O) groups excluding carboxylic acids is 1. The Hall–Kier alpha value is -0.850. The van der Waals surface area contributed by atoms with E-state index in [-0.39, 0.29) is 12.2 Å². The Kier molecular flexibility index (Phi) is 5.71. The Morgan fingerprint density at radius 3 is 2.25 bits per heavy atom. The van der Waals surface area contributed by atoms with Crippen LogP contribution in [0, 0.1) is 5.92 Å². The van der Waals surface area contributed by atoms with Gasteiger partial charge in [-0.05, 0) is 5.92 Å². The Labute approximate surface area is 97.4 Å². The van der Waals surface area contributed by atoms with E-state index in [0.717, 1.165) is 0 Å². The fourth-order valence-corrected chi connectivity index (χ4v) is 1.22. The van der Waals surface area contributed by atoms with Crippen LogP contribution in [0.2, 0.25) is 0 Å². The van der Waals surface area contributed by atoms with E-state index in [1.165, 1.54) is 13.8 Å². The second-order valence-electron chi connectivity index (χ2n) is 3.56. The van der Waals surface area contributed by atoms with E-state index >= 15 is 0 Å². The molecule has 0 saturated carbocycles. The lowest BCUT2D eigenvalue weighted by molar-refractivity contribution is -0.199. The van der Waals surface area contributed by atoms with Gasteiger partial charge in [-0.2, -0.15) is 21.4 Å². The van der Waals surface area contributed by atoms with E-state index < -0.39 is 29.9 Å². The maximum Gasteiger partial charge on any atom is 0.378 e. The van der Waals surface area contributed by atoms with Gasteiger partial charge in [0, 0.05) is 5.75 Å². The summed E-state index contributed by atoms with van der Waals surface area (Å²) in [4.78, 5) is 21.4. The third kappa shape index (κ3) is 3.96. The summed E-state index contributed by atoms with van der Waals surface area (Å²) in [6.07, 6.45) is -2.10. The first-order valence-electron chi connectivity index (χ1n) is 4.65. The standard InChI is InChI=1S/C9H14F2O4S/c1-5(2)7(9(10,11)8(13)14)15-6(12)3-4-16/h5,7,16H,3-4H2,1-2H3,(H,13,14). The smallest absolute Gasteiger partial charge is 0.378 e. The lowest BCUT2D eigenvalue weighted by Gasteiger charge is -2.26. The molecule has 94 valence electrons. The lowest BCUT2D eigenvalue weighted by Crippen LogP contribution is -2.47. The number of esters is 1. The van der Waals surface area contributed by atoms with E-state index in [9.17, 15) is 18.4 Å². The van der Waals surface area contributed by atoms with Crippen LogP contribution in [-0.2, 0) is 14.3 Å². The molecule has 1 N–H and O–H groups in total. The van der Waals surface area contributed by atoms with E-state index in [1.807, 2.05) is 0 Å². The SMILES string of the molecule is CC(C)C(OC(=O)CCS)C(F)(F)C(=O)O. The second kappa shape index (κ2) is 6.03. The summed E-state index contributed by atoms with van der Waals surface area (Å²) in [6.45, 7) is 2.71. The van der Waals surface area contributed by atoms with Crippen molar-refractivity contribution in [3.05, 3.63) is 0 Å². The normalized spacial score (nSPS) is 13.6. The predicted octanol–water partition coefficient (Wildman–Crippen LogP) is 1.59. The zero-order valence-corrected chi connectivity index (χ0v) is 9.84. The molecule has 0 aliphatic rings. The van der Waals surface area contributed by atoms with Crippen molar-refractivity contribution in [1.82, 2.24) is 0 Å². The Morgan fingerprint density at radius 1 is 1.44 bits per heavy atom. The zero-order chi connectivity index (χ0) is 12.9. The highest BCUT2D eigenvalue weighted by atomic mass is 32.1. The minimum atomic E-state index is -4.08. The van der Waals surface area contributed by atoms with Gasteiger partial charge in [-0.15, -0.1) is 0 Å². The number of halogens is 2. The molecular formula is C9H14F2O4S. The molecule has 1 atom stereocenters. The van der Waals surface area contributed by atoms with Crippen molar-refractivity contribution in [3.8, 4) is 0 Å². The molecule has 0 heterocycles. The minimum Gasteiger partial charge on any atom is -0.477 e. The number of carbonyl (C=O) groups is 2. The number of hydrogen-bond acceptors (Lipinski definition) is 4. The molecule has 0 spiro atoms. The van der Waals surface area contributed by atoms with E-state index in [2.05, 4.69) is 17.4 Å². The minimum absolute atomic E-state index is 0.137. The molecule has 0 aromatic rings. The van der Waals surface area contributed by atoms with Gasteiger partial charge in [-0.1, -0.05) is 13.8 Å². The van der Waals surface area contributed by atoms with Crippen LogP contribution >= 0.6 is 12.6 Å². The van der Waals surface area contributed by atoms with Crippen LogP contribution in [0.15, 0.2) is 0 Å². The predicted molar refractivity (Wildman–Crippen MR) is 55.8 cm³/mol. The van der Waals surface area contributed by atoms with Gasteiger partial charge >= 0.3 is 17.9 Å². The number of rotatable bonds is 6. The lowest BCUT2D eigenvalue weighted by atomic mass is 10.0. The average molecular weight is 256 g/mol. The summed E-state index contributed by atoms with van der Waals surface area (Å²) in [5.41, 5.74) is 0. The fraction of sp³-hybridized carbons (Fsp3) is 0.778. The first kappa shape index (κ1) is 15.2. The topological polar surface area (TPSA) is 63.6 Å². The molecule has 7 heteroatoms. The van der Waals surface area contributed by atoms with E-state index in [1.54, 1.807) is 0 Å². The molecule has 0 bridgehead atoms. The second-order valence-corrected chi connectivity index (χ2v) is 4.00. The molecule has 0 amide bonds. The number of alkyl halides is 2. The van der Waals surface area contributed by atoms with Crippen LogP contribution in [0.5, 0.6) is 0 Å². The van der Waals surface area contributed by atoms with Gasteiger partial charge in [0.05, 0.1) is 6.42 Å². The molecule has 4 nitrogen and oxygen atoms in total. The molecule has 0 aliphatic heterocycles. The summed E-state index contributed by atoms with van der Waals surface area (Å²) in [7, 11) is 0. The van der Waals surface area contributed by atoms with E-state index in [0.29, 0.717) is 0 Å². The molecule has 0 aliphatic carbocycles. The number of carboxylic acids is 1. The third-order valence-corrected chi connectivity index (χ3v) is 2.05. The molecule has 0 rings (SSSR count). The molecular weight excluding hydrogens is 242 g/mol. The van der Waals surface area contributed by atoms with Crippen LogP contribution in [0.3, 0.4) is 0 Å². The highest BCUT2D eigenvalue weighted by Gasteiger charge is 2.51. The number of carboxylic acid groups (broad SMARTS) is 1. The third-order valence-electron chi connectivity index (χ3n) is 1.82. The van der Waals surface area contributed by atoms with Crippen molar-refractivity contribution in [3.63, 3.8) is 0 Å². The van der Waals surface area contributed by atoms with Crippen LogP contribution in [-0.4, -0.2) is 34.8 Å². The van der Waals surface area contributed by atoms with Crippen LogP contribution < -0.4 is 0 Å². The number of ether oxygens (including phenoxy) is 1. The molecule has 0 radical (unpaired) electrons. The first-order chi connectivity index (χ1) is 7.23. The monoisotopic (exact) mass is 256 g/mol. The average Bonchev–Trinajstić information content (AvgIpc) is 2.13. The maximum atomic E-state index is 13.2.